The van der Waals surface area contributed by atoms with Crippen molar-refractivity contribution in [1.29, 1.82) is 5.26 Å². The van der Waals surface area contributed by atoms with Gasteiger partial charge in [0.05, 0.1) is 6.54 Å². The number of nitriles is 1. The van der Waals surface area contributed by atoms with Gasteiger partial charge in [-0.1, -0.05) is 13.0 Å². The largest absolute Gasteiger partial charge is 0.355 e. The average Bonchev–Trinajstić information content (AvgIpc) is 2.44. The Labute approximate surface area is 123 Å². The maximum absolute atomic E-state index is 13.5. The van der Waals surface area contributed by atoms with E-state index in [2.05, 4.69) is 5.32 Å². The predicted molar refractivity (Wildman–Crippen MR) is 74.2 cm³/mol. The Balaban J connectivity index is 3.04. The van der Waals surface area contributed by atoms with Gasteiger partial charge in [0.15, 0.2) is 0 Å². The number of sulfonamides is 1. The third-order valence-electron chi connectivity index (χ3n) is 2.71. The number of rotatable bonds is 6. The van der Waals surface area contributed by atoms with Crippen LogP contribution in [-0.4, -0.2) is 38.8 Å². The molecule has 114 valence electrons. The van der Waals surface area contributed by atoms with Crippen LogP contribution >= 0.6 is 0 Å². The summed E-state index contributed by atoms with van der Waals surface area (Å²) in [5.41, 5.74) is -0.557. The first-order valence-corrected chi connectivity index (χ1v) is 7.70. The smallest absolute Gasteiger partial charge is 0.244 e. The highest BCUT2D eigenvalue weighted by molar-refractivity contribution is 7.89. The second-order valence-electron chi connectivity index (χ2n) is 4.34. The first-order chi connectivity index (χ1) is 9.84. The number of likely N-dealkylation sites (N-methyl/N-ethyl adjacent to an activating group) is 1. The Morgan fingerprint density at radius 3 is 2.71 bits per heavy atom. The monoisotopic (exact) mass is 313 g/mol. The number of hydrogen-bond acceptors (Lipinski definition) is 4. The van der Waals surface area contributed by atoms with Crippen molar-refractivity contribution in [2.24, 2.45) is 0 Å². The minimum atomic E-state index is -4.11. The van der Waals surface area contributed by atoms with Crippen molar-refractivity contribution in [1.82, 2.24) is 9.62 Å². The van der Waals surface area contributed by atoms with E-state index in [9.17, 15) is 17.6 Å². The Bertz CT molecular complexity index is 668. The Morgan fingerprint density at radius 1 is 1.48 bits per heavy atom. The summed E-state index contributed by atoms with van der Waals surface area (Å²) in [6, 6.07) is 4.88. The van der Waals surface area contributed by atoms with Gasteiger partial charge in [-0.3, -0.25) is 4.79 Å². The van der Waals surface area contributed by atoms with E-state index in [4.69, 9.17) is 5.26 Å². The van der Waals surface area contributed by atoms with Crippen molar-refractivity contribution in [2.75, 3.05) is 20.1 Å². The fourth-order valence-electron chi connectivity index (χ4n) is 1.60. The highest BCUT2D eigenvalue weighted by Gasteiger charge is 2.27. The van der Waals surface area contributed by atoms with Crippen molar-refractivity contribution in [3.8, 4) is 6.07 Å². The number of carbonyl (C=O) groups is 1. The number of carbonyl (C=O) groups excluding carboxylic acids is 1. The van der Waals surface area contributed by atoms with Crippen molar-refractivity contribution in [2.45, 2.75) is 18.2 Å². The van der Waals surface area contributed by atoms with Gasteiger partial charge in [-0.05, 0) is 18.6 Å². The van der Waals surface area contributed by atoms with Gasteiger partial charge in [-0.2, -0.15) is 9.57 Å². The molecule has 1 aromatic carbocycles. The first kappa shape index (κ1) is 17.1. The van der Waals surface area contributed by atoms with Gasteiger partial charge in [0.1, 0.15) is 22.3 Å². The zero-order valence-corrected chi connectivity index (χ0v) is 12.6. The number of nitrogens with zero attached hydrogens (tertiary/aromatic N) is 2. The van der Waals surface area contributed by atoms with E-state index < -0.39 is 38.8 Å². The molecule has 0 bridgehead atoms. The van der Waals surface area contributed by atoms with E-state index in [0.29, 0.717) is 6.54 Å². The summed E-state index contributed by atoms with van der Waals surface area (Å²) in [7, 11) is -2.91. The lowest BCUT2D eigenvalue weighted by molar-refractivity contribution is -0.121. The quantitative estimate of drug-likeness (QED) is 0.843. The van der Waals surface area contributed by atoms with Crippen molar-refractivity contribution < 1.29 is 17.6 Å². The van der Waals surface area contributed by atoms with E-state index in [1.807, 2.05) is 6.92 Å². The molecular weight excluding hydrogens is 297 g/mol. The highest BCUT2D eigenvalue weighted by Crippen LogP contribution is 2.20. The molecule has 0 aliphatic rings. The molecule has 0 atom stereocenters. The molecule has 1 amide bonds. The number of amides is 1. The molecule has 0 aromatic heterocycles. The van der Waals surface area contributed by atoms with E-state index in [-0.39, 0.29) is 0 Å². The van der Waals surface area contributed by atoms with Crippen LogP contribution in [0.3, 0.4) is 0 Å². The SMILES string of the molecule is CCCNC(=O)CN(C)S(=O)(=O)c1cccc(F)c1C#N. The van der Waals surface area contributed by atoms with Crippen LogP contribution < -0.4 is 5.32 Å². The predicted octanol–water partition coefficient (Wildman–Crippen LogP) is 0.844. The molecule has 0 saturated carbocycles. The van der Waals surface area contributed by atoms with Crippen LogP contribution in [0, 0.1) is 17.1 Å². The van der Waals surface area contributed by atoms with Crippen LogP contribution in [0.1, 0.15) is 18.9 Å². The molecule has 0 aliphatic heterocycles. The molecule has 0 aliphatic carbocycles. The topological polar surface area (TPSA) is 90.3 Å². The van der Waals surface area contributed by atoms with Crippen LogP contribution in [0.5, 0.6) is 0 Å². The van der Waals surface area contributed by atoms with Gasteiger partial charge >= 0.3 is 0 Å². The van der Waals surface area contributed by atoms with E-state index in [1.54, 1.807) is 0 Å². The second kappa shape index (κ2) is 7.15. The number of hydrogen-bond donors (Lipinski definition) is 1. The molecule has 0 radical (unpaired) electrons. The molecule has 1 aromatic rings. The van der Waals surface area contributed by atoms with Gasteiger partial charge in [0, 0.05) is 13.6 Å². The summed E-state index contributed by atoms with van der Waals surface area (Å²) in [5.74, 6) is -1.37. The fourth-order valence-corrected chi connectivity index (χ4v) is 2.88. The fraction of sp³-hybridized carbons (Fsp3) is 0.385. The molecule has 0 saturated heterocycles. The van der Waals surface area contributed by atoms with Gasteiger partial charge in [-0.15, -0.1) is 0 Å². The van der Waals surface area contributed by atoms with Crippen LogP contribution in [0.15, 0.2) is 23.1 Å². The molecule has 0 fully saturated rings. The number of halogens is 1. The van der Waals surface area contributed by atoms with Crippen LogP contribution in [-0.2, 0) is 14.8 Å². The zero-order chi connectivity index (χ0) is 16.0. The Hall–Kier alpha value is -1.98. The summed E-state index contributed by atoms with van der Waals surface area (Å²) in [6.07, 6.45) is 0.727. The zero-order valence-electron chi connectivity index (χ0n) is 11.8. The molecule has 0 spiro atoms. The van der Waals surface area contributed by atoms with Crippen molar-refractivity contribution in [3.63, 3.8) is 0 Å². The molecular formula is C13H16FN3O3S. The lowest BCUT2D eigenvalue weighted by atomic mass is 10.2. The number of benzene rings is 1. The van der Waals surface area contributed by atoms with Gasteiger partial charge < -0.3 is 5.32 Å². The standard InChI is InChI=1S/C13H16FN3O3S/c1-3-7-16-13(18)9-17(2)21(19,20)12-6-4-5-11(14)10(12)8-15/h4-6H,3,7,9H2,1-2H3,(H,16,18). The maximum Gasteiger partial charge on any atom is 0.244 e. The van der Waals surface area contributed by atoms with Crippen LogP contribution in [0.4, 0.5) is 4.39 Å². The molecule has 1 N–H and O–H groups in total. The second-order valence-corrected chi connectivity index (χ2v) is 6.35. The van der Waals surface area contributed by atoms with E-state index >= 15 is 0 Å². The first-order valence-electron chi connectivity index (χ1n) is 6.26. The van der Waals surface area contributed by atoms with Gasteiger partial charge in [0.2, 0.25) is 15.9 Å². The molecule has 21 heavy (non-hydrogen) atoms. The van der Waals surface area contributed by atoms with Crippen molar-refractivity contribution >= 4 is 15.9 Å². The van der Waals surface area contributed by atoms with E-state index in [0.717, 1.165) is 22.9 Å². The normalized spacial score (nSPS) is 11.2. The molecule has 8 heteroatoms. The van der Waals surface area contributed by atoms with Gasteiger partial charge in [-0.25, -0.2) is 12.8 Å². The van der Waals surface area contributed by atoms with E-state index in [1.165, 1.54) is 19.2 Å². The summed E-state index contributed by atoms with van der Waals surface area (Å²) >= 11 is 0. The summed E-state index contributed by atoms with van der Waals surface area (Å²) in [5, 5.41) is 11.4. The maximum atomic E-state index is 13.5. The molecule has 0 heterocycles. The lowest BCUT2D eigenvalue weighted by Gasteiger charge is -2.17. The average molecular weight is 313 g/mol. The van der Waals surface area contributed by atoms with Gasteiger partial charge in [0.25, 0.3) is 0 Å². The molecule has 6 nitrogen and oxygen atoms in total. The summed E-state index contributed by atoms with van der Waals surface area (Å²) < 4.78 is 38.9. The van der Waals surface area contributed by atoms with Crippen molar-refractivity contribution in [3.05, 3.63) is 29.6 Å². The molecule has 0 unspecified atom stereocenters. The highest BCUT2D eigenvalue weighted by atomic mass is 32.2. The summed E-state index contributed by atoms with van der Waals surface area (Å²) in [4.78, 5) is 11.1. The van der Waals surface area contributed by atoms with Crippen LogP contribution in [0.25, 0.3) is 0 Å². The Morgan fingerprint density at radius 2 is 2.14 bits per heavy atom. The number of nitrogens with one attached hydrogen (secondary N) is 1. The minimum Gasteiger partial charge on any atom is -0.355 e. The lowest BCUT2D eigenvalue weighted by Crippen LogP contribution is -2.38. The third-order valence-corrected chi connectivity index (χ3v) is 4.56. The third kappa shape index (κ3) is 4.00. The minimum absolute atomic E-state index is 0.399. The van der Waals surface area contributed by atoms with Crippen LogP contribution in [0.2, 0.25) is 0 Å². The Kier molecular flexibility index (Phi) is 5.81. The molecule has 1 rings (SSSR count). The summed E-state index contributed by atoms with van der Waals surface area (Å²) in [6.45, 7) is 1.91.